The van der Waals surface area contributed by atoms with E-state index in [1.807, 2.05) is 26.0 Å². The molecule has 1 atom stereocenters. The number of nitrogens with one attached hydrogen (secondary N) is 1. The third kappa shape index (κ3) is 6.05. The number of nitrogens with zero attached hydrogens (tertiary/aromatic N) is 3. The number of carbonyl (C=O) groups excluding carboxylic acids is 1. The molecule has 2 heterocycles. The van der Waals surface area contributed by atoms with Gasteiger partial charge in [-0.05, 0) is 65.6 Å². The summed E-state index contributed by atoms with van der Waals surface area (Å²) in [6.07, 6.45) is 2.65. The van der Waals surface area contributed by atoms with Crippen molar-refractivity contribution in [3.05, 3.63) is 58.1 Å². The molecule has 0 saturated carbocycles. The van der Waals surface area contributed by atoms with Gasteiger partial charge in [0.15, 0.2) is 17.3 Å². The average Bonchev–Trinajstić information content (AvgIpc) is 3.34. The van der Waals surface area contributed by atoms with E-state index in [2.05, 4.69) is 36.1 Å². The molecule has 200 valence electrons. The molecule has 1 N–H and O–H groups in total. The topological polar surface area (TPSA) is 96.6 Å². The zero-order chi connectivity index (χ0) is 27.4. The molecule has 4 rings (SSSR count). The van der Waals surface area contributed by atoms with Crippen LogP contribution in [0.25, 0.3) is 6.08 Å². The number of hydrogen-bond acceptors (Lipinski definition) is 7. The predicted octanol–water partition coefficient (Wildman–Crippen LogP) is 6.60. The molecule has 0 fully saturated rings. The number of hydrogen-bond donors (Lipinski definition) is 1. The molecule has 0 radical (unpaired) electrons. The predicted molar refractivity (Wildman–Crippen MR) is 154 cm³/mol. The summed E-state index contributed by atoms with van der Waals surface area (Å²) in [6, 6.07) is 11.4. The fourth-order valence-corrected chi connectivity index (χ4v) is 4.97. The first kappa shape index (κ1) is 27.7. The van der Waals surface area contributed by atoms with Crippen LogP contribution < -0.4 is 14.2 Å². The van der Waals surface area contributed by atoms with Crippen LogP contribution in [0.1, 0.15) is 51.2 Å². The molecule has 1 unspecified atom stereocenters. The molecular weight excluding hydrogens is 524 g/mol. The molecule has 0 saturated heterocycles. The first-order valence-electron chi connectivity index (χ1n) is 12.4. The molecule has 8 nitrogen and oxygen atoms in total. The number of fused-ring (bicyclic) bond motifs is 1. The number of benzene rings is 2. The van der Waals surface area contributed by atoms with E-state index in [9.17, 15) is 4.79 Å². The van der Waals surface area contributed by atoms with Crippen molar-refractivity contribution in [3.8, 4) is 17.2 Å². The fraction of sp³-hybridized carbons (Fsp3) is 0.357. The lowest BCUT2D eigenvalue weighted by Gasteiger charge is -2.20. The van der Waals surface area contributed by atoms with Crippen LogP contribution in [0.2, 0.25) is 5.02 Å². The number of methoxy groups -OCH3 is 1. The zero-order valence-electron chi connectivity index (χ0n) is 22.1. The maximum absolute atomic E-state index is 12.7. The first-order valence-corrected chi connectivity index (χ1v) is 13.6. The van der Waals surface area contributed by atoms with Gasteiger partial charge < -0.3 is 14.2 Å². The van der Waals surface area contributed by atoms with Gasteiger partial charge in [0.05, 0.1) is 17.7 Å². The molecule has 10 heteroatoms. The van der Waals surface area contributed by atoms with E-state index in [4.69, 9.17) is 31.2 Å². The van der Waals surface area contributed by atoms with Crippen molar-refractivity contribution in [2.45, 2.75) is 40.0 Å². The Bertz CT molecular complexity index is 1320. The summed E-state index contributed by atoms with van der Waals surface area (Å²) in [4.78, 5) is 16.8. The minimum atomic E-state index is -0.501. The van der Waals surface area contributed by atoms with Crippen molar-refractivity contribution < 1.29 is 19.0 Å². The summed E-state index contributed by atoms with van der Waals surface area (Å²) in [7, 11) is 1.51. The van der Waals surface area contributed by atoms with Gasteiger partial charge >= 0.3 is 0 Å². The second kappa shape index (κ2) is 12.0. The second-order valence-corrected chi connectivity index (χ2v) is 10.6. The highest BCUT2D eigenvalue weighted by atomic mass is 35.5. The van der Waals surface area contributed by atoms with Gasteiger partial charge in [0, 0.05) is 5.92 Å². The lowest BCUT2D eigenvalue weighted by molar-refractivity contribution is -0.114. The molecule has 2 aliphatic heterocycles. The lowest BCUT2D eigenvalue weighted by Crippen LogP contribution is -2.35. The van der Waals surface area contributed by atoms with Crippen molar-refractivity contribution in [1.82, 2.24) is 5.01 Å². The summed E-state index contributed by atoms with van der Waals surface area (Å²) in [5.41, 5.74) is 1.97. The fourth-order valence-electron chi connectivity index (χ4n) is 3.80. The minimum absolute atomic E-state index is 0.0344. The van der Waals surface area contributed by atoms with E-state index in [-0.39, 0.29) is 23.9 Å². The third-order valence-corrected chi connectivity index (χ3v) is 7.68. The van der Waals surface area contributed by atoms with Gasteiger partial charge in [-0.2, -0.15) is 15.1 Å². The Morgan fingerprint density at radius 2 is 1.84 bits per heavy atom. The summed E-state index contributed by atoms with van der Waals surface area (Å²) < 4.78 is 17.2. The van der Waals surface area contributed by atoms with Crippen LogP contribution in [0.15, 0.2) is 52.1 Å². The van der Waals surface area contributed by atoms with Crippen LogP contribution in [-0.2, 0) is 4.79 Å². The molecule has 0 aliphatic carbocycles. The number of halogens is 1. The Labute approximate surface area is 232 Å². The number of aliphatic imine (C=N–C) groups is 1. The Kier molecular flexibility index (Phi) is 8.79. The van der Waals surface area contributed by atoms with Gasteiger partial charge in [-0.15, -0.1) is 0 Å². The molecule has 0 aromatic heterocycles. The Balaban J connectivity index is 1.44. The number of hydrazone groups is 1. The minimum Gasteiger partial charge on any atom is -0.493 e. The van der Waals surface area contributed by atoms with Gasteiger partial charge in [0.2, 0.25) is 5.17 Å². The van der Waals surface area contributed by atoms with Gasteiger partial charge in [-0.3, -0.25) is 10.2 Å². The van der Waals surface area contributed by atoms with Crippen molar-refractivity contribution in [2.75, 3.05) is 20.3 Å². The van der Waals surface area contributed by atoms with Crippen molar-refractivity contribution >= 4 is 51.4 Å². The molecule has 2 aromatic rings. The Morgan fingerprint density at radius 1 is 1.13 bits per heavy atom. The maximum Gasteiger partial charge on any atom is 0.283 e. The first-order chi connectivity index (χ1) is 18.2. The van der Waals surface area contributed by atoms with Crippen LogP contribution >= 0.6 is 23.4 Å². The van der Waals surface area contributed by atoms with Gasteiger partial charge in [-0.25, -0.2) is 0 Å². The zero-order valence-corrected chi connectivity index (χ0v) is 23.7. The largest absolute Gasteiger partial charge is 0.493 e. The molecule has 2 aromatic carbocycles. The van der Waals surface area contributed by atoms with Crippen molar-refractivity contribution in [2.24, 2.45) is 16.0 Å². The number of amides is 1. The molecule has 2 aliphatic rings. The van der Waals surface area contributed by atoms with Gasteiger partial charge in [0.25, 0.3) is 5.91 Å². The normalized spacial score (nSPS) is 16.9. The van der Waals surface area contributed by atoms with Crippen LogP contribution in [0.4, 0.5) is 0 Å². The standard InChI is InChI=1S/C28H31ClN4O4S/c1-6-17(4)19-7-9-20(10-8-19)36-11-12-37-24-22(29)14-18(15-23(24)35-5)13-21-25(30)33-28(31-26(21)34)38-27(32-33)16(2)3/h7-10,13-17,30H,6,11-12H2,1-5H3/b21-13-,30-25?. The summed E-state index contributed by atoms with van der Waals surface area (Å²) >= 11 is 7.84. The number of amidine groups is 2. The molecule has 0 bridgehead atoms. The summed E-state index contributed by atoms with van der Waals surface area (Å²) in [5, 5.41) is 15.9. The average molecular weight is 555 g/mol. The van der Waals surface area contributed by atoms with Crippen LogP contribution in [0.3, 0.4) is 0 Å². The van der Waals surface area contributed by atoms with E-state index < -0.39 is 5.91 Å². The highest BCUT2D eigenvalue weighted by molar-refractivity contribution is 8.27. The summed E-state index contributed by atoms with van der Waals surface area (Å²) in [5.74, 6) is 1.69. The van der Waals surface area contributed by atoms with E-state index >= 15 is 0 Å². The van der Waals surface area contributed by atoms with E-state index in [1.54, 1.807) is 18.2 Å². The van der Waals surface area contributed by atoms with Crippen molar-refractivity contribution in [3.63, 3.8) is 0 Å². The highest BCUT2D eigenvalue weighted by Crippen LogP contribution is 2.38. The Morgan fingerprint density at radius 3 is 2.50 bits per heavy atom. The quantitative estimate of drug-likeness (QED) is 0.263. The maximum atomic E-state index is 12.7. The van der Waals surface area contributed by atoms with E-state index in [0.29, 0.717) is 39.8 Å². The van der Waals surface area contributed by atoms with Gasteiger partial charge in [0.1, 0.15) is 24.0 Å². The van der Waals surface area contributed by atoms with E-state index in [1.165, 1.54) is 29.4 Å². The van der Waals surface area contributed by atoms with Crippen LogP contribution in [0.5, 0.6) is 17.2 Å². The number of ether oxygens (including phenoxy) is 3. The molecule has 38 heavy (non-hydrogen) atoms. The van der Waals surface area contributed by atoms with Crippen molar-refractivity contribution in [1.29, 1.82) is 5.41 Å². The molecule has 0 spiro atoms. The number of rotatable bonds is 10. The molecule has 1 amide bonds. The lowest BCUT2D eigenvalue weighted by atomic mass is 9.99. The van der Waals surface area contributed by atoms with Gasteiger partial charge in [-0.1, -0.05) is 51.4 Å². The SMILES string of the molecule is CCC(C)c1ccc(OCCOc2c(Cl)cc(/C=C3/C(=N)N4N=C(C(C)C)SC4=NC3=O)cc2OC)cc1. The van der Waals surface area contributed by atoms with E-state index in [0.717, 1.165) is 17.2 Å². The Hall–Kier alpha value is -3.30. The second-order valence-electron chi connectivity index (χ2n) is 9.22. The number of thioether (sulfide) groups is 1. The highest BCUT2D eigenvalue weighted by Gasteiger charge is 2.36. The smallest absolute Gasteiger partial charge is 0.283 e. The monoisotopic (exact) mass is 554 g/mol. The summed E-state index contributed by atoms with van der Waals surface area (Å²) in [6.45, 7) is 8.96. The molecular formula is C28H31ClN4O4S. The number of carbonyl (C=O) groups is 1. The van der Waals surface area contributed by atoms with Crippen LogP contribution in [-0.4, -0.2) is 47.3 Å². The third-order valence-electron chi connectivity index (χ3n) is 6.19. The van der Waals surface area contributed by atoms with Crippen LogP contribution in [0, 0.1) is 11.3 Å².